The lowest BCUT2D eigenvalue weighted by Crippen LogP contribution is -2.44. The maximum absolute atomic E-state index is 12.0. The second kappa shape index (κ2) is 4.54. The minimum Gasteiger partial charge on any atom is -0.343 e. The molecule has 2 heteroatoms. The summed E-state index contributed by atoms with van der Waals surface area (Å²) in [7, 11) is 2.02. The summed E-state index contributed by atoms with van der Waals surface area (Å²) in [6.07, 6.45) is 8.55. The van der Waals surface area contributed by atoms with Gasteiger partial charge < -0.3 is 4.90 Å². The molecule has 15 heavy (non-hydrogen) atoms. The first-order valence-corrected chi connectivity index (χ1v) is 6.45. The van der Waals surface area contributed by atoms with E-state index in [1.54, 1.807) is 0 Å². The molecule has 2 saturated carbocycles. The molecule has 0 aliphatic heterocycles. The van der Waals surface area contributed by atoms with Crippen LogP contribution in [0.3, 0.4) is 0 Å². The maximum Gasteiger partial charge on any atom is 0.225 e. The van der Waals surface area contributed by atoms with Crippen molar-refractivity contribution in [2.24, 2.45) is 11.8 Å². The summed E-state index contributed by atoms with van der Waals surface area (Å²) >= 11 is 0. The minimum atomic E-state index is 0.370. The van der Waals surface area contributed by atoms with Crippen LogP contribution in [0.15, 0.2) is 0 Å². The second-order valence-corrected chi connectivity index (χ2v) is 5.49. The third-order valence-corrected chi connectivity index (χ3v) is 4.34. The zero-order chi connectivity index (χ0) is 10.8. The Kier molecular flexibility index (Phi) is 3.32. The van der Waals surface area contributed by atoms with E-state index in [4.69, 9.17) is 0 Å². The van der Waals surface area contributed by atoms with Crippen molar-refractivity contribution in [1.82, 2.24) is 4.90 Å². The SMILES string of the molecule is CC1CCC(N(C)C(=O)C2CCC2)CC1. The first-order valence-electron chi connectivity index (χ1n) is 6.45. The molecule has 2 aliphatic rings. The minimum absolute atomic E-state index is 0.370. The van der Waals surface area contributed by atoms with Gasteiger partial charge in [-0.2, -0.15) is 0 Å². The van der Waals surface area contributed by atoms with Crippen molar-refractivity contribution in [3.05, 3.63) is 0 Å². The first kappa shape index (κ1) is 11.0. The third-order valence-electron chi connectivity index (χ3n) is 4.34. The van der Waals surface area contributed by atoms with E-state index in [2.05, 4.69) is 11.8 Å². The summed E-state index contributed by atoms with van der Waals surface area (Å²) in [6, 6.07) is 0.536. The molecule has 0 spiro atoms. The van der Waals surface area contributed by atoms with Crippen molar-refractivity contribution >= 4 is 5.91 Å². The van der Waals surface area contributed by atoms with Crippen LogP contribution in [0.5, 0.6) is 0 Å². The highest BCUT2D eigenvalue weighted by molar-refractivity contribution is 5.79. The number of amides is 1. The second-order valence-electron chi connectivity index (χ2n) is 5.49. The van der Waals surface area contributed by atoms with E-state index in [-0.39, 0.29) is 0 Å². The molecule has 2 aliphatic carbocycles. The number of carbonyl (C=O) groups excluding carboxylic acids is 1. The molecule has 2 rings (SSSR count). The predicted molar refractivity (Wildman–Crippen MR) is 61.5 cm³/mol. The molecule has 0 atom stereocenters. The lowest BCUT2D eigenvalue weighted by molar-refractivity contribution is -0.139. The third kappa shape index (κ3) is 2.35. The predicted octanol–water partition coefficient (Wildman–Crippen LogP) is 2.82. The molecule has 86 valence electrons. The van der Waals surface area contributed by atoms with Gasteiger partial charge >= 0.3 is 0 Å². The molecule has 2 fully saturated rings. The van der Waals surface area contributed by atoms with Crippen LogP contribution in [0, 0.1) is 11.8 Å². The van der Waals surface area contributed by atoms with Gasteiger partial charge in [0.25, 0.3) is 0 Å². The van der Waals surface area contributed by atoms with Gasteiger partial charge in [-0.25, -0.2) is 0 Å². The Hall–Kier alpha value is -0.530. The molecule has 0 aromatic carbocycles. The quantitative estimate of drug-likeness (QED) is 0.685. The van der Waals surface area contributed by atoms with E-state index < -0.39 is 0 Å². The zero-order valence-corrected chi connectivity index (χ0v) is 10.0. The average Bonchev–Trinajstić information content (AvgIpc) is 2.15. The molecular formula is C13H23NO. The summed E-state index contributed by atoms with van der Waals surface area (Å²) in [5.41, 5.74) is 0. The molecule has 1 amide bonds. The Bertz CT molecular complexity index is 227. The molecule has 0 radical (unpaired) electrons. The monoisotopic (exact) mass is 209 g/mol. The average molecular weight is 209 g/mol. The molecule has 0 unspecified atom stereocenters. The van der Waals surface area contributed by atoms with Gasteiger partial charge in [0.2, 0.25) is 5.91 Å². The zero-order valence-electron chi connectivity index (χ0n) is 10.0. The maximum atomic E-state index is 12.0. The van der Waals surface area contributed by atoms with Crippen LogP contribution >= 0.6 is 0 Å². The molecule has 0 N–H and O–H groups in total. The van der Waals surface area contributed by atoms with Crippen LogP contribution in [0.25, 0.3) is 0 Å². The Labute approximate surface area is 93.0 Å². The van der Waals surface area contributed by atoms with E-state index in [1.807, 2.05) is 7.05 Å². The summed E-state index contributed by atoms with van der Waals surface area (Å²) < 4.78 is 0. The van der Waals surface area contributed by atoms with Crippen molar-refractivity contribution in [2.75, 3.05) is 7.05 Å². The van der Waals surface area contributed by atoms with Crippen LogP contribution < -0.4 is 0 Å². The van der Waals surface area contributed by atoms with E-state index in [1.165, 1.54) is 32.1 Å². The van der Waals surface area contributed by atoms with E-state index in [0.29, 0.717) is 17.9 Å². The Morgan fingerprint density at radius 2 is 1.67 bits per heavy atom. The fourth-order valence-corrected chi connectivity index (χ4v) is 2.75. The molecule has 0 heterocycles. The lowest BCUT2D eigenvalue weighted by atomic mass is 9.82. The molecule has 0 bridgehead atoms. The molecule has 0 saturated heterocycles. The van der Waals surface area contributed by atoms with Crippen molar-refractivity contribution in [3.63, 3.8) is 0 Å². The molecule has 0 aromatic rings. The largest absolute Gasteiger partial charge is 0.343 e. The number of hydrogen-bond acceptors (Lipinski definition) is 1. The van der Waals surface area contributed by atoms with Crippen LogP contribution in [-0.4, -0.2) is 23.9 Å². The van der Waals surface area contributed by atoms with Crippen LogP contribution in [0.2, 0.25) is 0 Å². The highest BCUT2D eigenvalue weighted by atomic mass is 16.2. The summed E-state index contributed by atoms with van der Waals surface area (Å²) in [4.78, 5) is 14.1. The summed E-state index contributed by atoms with van der Waals surface area (Å²) in [6.45, 7) is 2.32. The van der Waals surface area contributed by atoms with E-state index in [9.17, 15) is 4.79 Å². The van der Waals surface area contributed by atoms with Gasteiger partial charge in [-0.05, 0) is 44.4 Å². The number of hydrogen-bond donors (Lipinski definition) is 0. The lowest BCUT2D eigenvalue weighted by Gasteiger charge is -2.37. The van der Waals surface area contributed by atoms with Gasteiger partial charge in [-0.15, -0.1) is 0 Å². The van der Waals surface area contributed by atoms with Crippen LogP contribution in [-0.2, 0) is 4.79 Å². The summed E-state index contributed by atoms with van der Waals surface area (Å²) in [5.74, 6) is 1.66. The first-order chi connectivity index (χ1) is 7.18. The summed E-state index contributed by atoms with van der Waals surface area (Å²) in [5, 5.41) is 0. The fraction of sp³-hybridized carbons (Fsp3) is 0.923. The van der Waals surface area contributed by atoms with Crippen LogP contribution in [0.1, 0.15) is 51.9 Å². The molecule has 0 aromatic heterocycles. The van der Waals surface area contributed by atoms with Crippen molar-refractivity contribution in [2.45, 2.75) is 57.9 Å². The standard InChI is InChI=1S/C13H23NO/c1-10-6-8-12(9-7-10)14(2)13(15)11-4-3-5-11/h10-12H,3-9H2,1-2H3. The molecular weight excluding hydrogens is 186 g/mol. The number of carbonyl (C=O) groups is 1. The van der Waals surface area contributed by atoms with Gasteiger partial charge in [0.1, 0.15) is 0 Å². The van der Waals surface area contributed by atoms with Gasteiger partial charge in [-0.1, -0.05) is 13.3 Å². The van der Waals surface area contributed by atoms with Crippen molar-refractivity contribution < 1.29 is 4.79 Å². The van der Waals surface area contributed by atoms with Gasteiger partial charge in [0.15, 0.2) is 0 Å². The highest BCUT2D eigenvalue weighted by Crippen LogP contribution is 2.31. The van der Waals surface area contributed by atoms with E-state index in [0.717, 1.165) is 18.8 Å². The van der Waals surface area contributed by atoms with Gasteiger partial charge in [-0.3, -0.25) is 4.79 Å². The van der Waals surface area contributed by atoms with E-state index >= 15 is 0 Å². The molecule has 2 nitrogen and oxygen atoms in total. The number of nitrogens with zero attached hydrogens (tertiary/aromatic N) is 1. The van der Waals surface area contributed by atoms with Crippen LogP contribution in [0.4, 0.5) is 0 Å². The highest BCUT2D eigenvalue weighted by Gasteiger charge is 2.32. The smallest absolute Gasteiger partial charge is 0.225 e. The Morgan fingerprint density at radius 3 is 2.13 bits per heavy atom. The topological polar surface area (TPSA) is 20.3 Å². The van der Waals surface area contributed by atoms with Crippen molar-refractivity contribution in [3.8, 4) is 0 Å². The van der Waals surface area contributed by atoms with Gasteiger partial charge in [0, 0.05) is 19.0 Å². The van der Waals surface area contributed by atoms with Gasteiger partial charge in [0.05, 0.1) is 0 Å². The normalized spacial score (nSPS) is 32.1. The van der Waals surface area contributed by atoms with Crippen molar-refractivity contribution in [1.29, 1.82) is 0 Å². The number of rotatable bonds is 2. The fourth-order valence-electron chi connectivity index (χ4n) is 2.75. The Morgan fingerprint density at radius 1 is 1.07 bits per heavy atom. The Balaban J connectivity index is 1.84.